The van der Waals surface area contributed by atoms with Gasteiger partial charge < -0.3 is 10.6 Å². The third kappa shape index (κ3) is 4.58. The molecular formula is C16H26N2O. The van der Waals surface area contributed by atoms with Gasteiger partial charge in [-0.15, -0.1) is 0 Å². The Kier molecular flexibility index (Phi) is 5.40. The van der Waals surface area contributed by atoms with E-state index in [1.54, 1.807) is 0 Å². The highest BCUT2D eigenvalue weighted by molar-refractivity contribution is 5.99. The van der Waals surface area contributed by atoms with Crippen LogP contribution in [-0.2, 0) is 0 Å². The van der Waals surface area contributed by atoms with Gasteiger partial charge in [0.2, 0.25) is 0 Å². The SMILES string of the molecule is Cc1ccc(C(=O)N(CC(C)C)CC(C)C)c(N)c1. The monoisotopic (exact) mass is 262 g/mol. The quantitative estimate of drug-likeness (QED) is 0.827. The standard InChI is InChI=1S/C16H26N2O/c1-11(2)9-18(10-12(3)4)16(19)14-7-6-13(5)8-15(14)17/h6-8,11-12H,9-10,17H2,1-5H3. The average Bonchev–Trinajstić information content (AvgIpc) is 2.26. The molecule has 1 rings (SSSR count). The highest BCUT2D eigenvalue weighted by Crippen LogP contribution is 2.17. The van der Waals surface area contributed by atoms with Gasteiger partial charge in [0.25, 0.3) is 5.91 Å². The number of hydrogen-bond donors (Lipinski definition) is 1. The first-order valence-electron chi connectivity index (χ1n) is 6.96. The summed E-state index contributed by atoms with van der Waals surface area (Å²) in [7, 11) is 0. The Balaban J connectivity index is 2.97. The molecule has 0 bridgehead atoms. The van der Waals surface area contributed by atoms with Crippen LogP contribution >= 0.6 is 0 Å². The second kappa shape index (κ2) is 6.60. The fraction of sp³-hybridized carbons (Fsp3) is 0.562. The first-order valence-corrected chi connectivity index (χ1v) is 6.96. The molecule has 0 saturated heterocycles. The van der Waals surface area contributed by atoms with Gasteiger partial charge in [-0.3, -0.25) is 4.79 Å². The molecule has 0 heterocycles. The van der Waals surface area contributed by atoms with Crippen molar-refractivity contribution in [3.63, 3.8) is 0 Å². The molecule has 0 fully saturated rings. The van der Waals surface area contributed by atoms with Gasteiger partial charge in [0.1, 0.15) is 0 Å². The largest absolute Gasteiger partial charge is 0.398 e. The first kappa shape index (κ1) is 15.5. The van der Waals surface area contributed by atoms with E-state index in [1.165, 1.54) is 0 Å². The summed E-state index contributed by atoms with van der Waals surface area (Å²) in [6.07, 6.45) is 0. The number of benzene rings is 1. The Morgan fingerprint density at radius 1 is 1.16 bits per heavy atom. The molecule has 3 nitrogen and oxygen atoms in total. The molecule has 1 aromatic carbocycles. The zero-order valence-electron chi connectivity index (χ0n) is 12.7. The third-order valence-corrected chi connectivity index (χ3v) is 2.90. The number of nitrogens with zero attached hydrogens (tertiary/aromatic N) is 1. The Morgan fingerprint density at radius 3 is 2.11 bits per heavy atom. The van der Waals surface area contributed by atoms with Gasteiger partial charge in [-0.1, -0.05) is 33.8 Å². The van der Waals surface area contributed by atoms with Crippen molar-refractivity contribution < 1.29 is 4.79 Å². The number of aryl methyl sites for hydroxylation is 1. The van der Waals surface area contributed by atoms with Crippen molar-refractivity contribution in [2.75, 3.05) is 18.8 Å². The lowest BCUT2D eigenvalue weighted by molar-refractivity contribution is 0.0716. The van der Waals surface area contributed by atoms with Crippen LogP contribution in [0.2, 0.25) is 0 Å². The van der Waals surface area contributed by atoms with Crippen molar-refractivity contribution in [1.82, 2.24) is 4.90 Å². The first-order chi connectivity index (χ1) is 8.81. The van der Waals surface area contributed by atoms with Gasteiger partial charge in [-0.05, 0) is 36.5 Å². The molecule has 3 heteroatoms. The van der Waals surface area contributed by atoms with E-state index in [0.29, 0.717) is 23.1 Å². The molecule has 0 unspecified atom stereocenters. The van der Waals surface area contributed by atoms with E-state index >= 15 is 0 Å². The van der Waals surface area contributed by atoms with Gasteiger partial charge in [0.15, 0.2) is 0 Å². The van der Waals surface area contributed by atoms with Crippen molar-refractivity contribution >= 4 is 11.6 Å². The molecule has 1 amide bonds. The van der Waals surface area contributed by atoms with Crippen LogP contribution in [0.5, 0.6) is 0 Å². The summed E-state index contributed by atoms with van der Waals surface area (Å²) in [6.45, 7) is 12.0. The van der Waals surface area contributed by atoms with Crippen molar-refractivity contribution in [1.29, 1.82) is 0 Å². The summed E-state index contributed by atoms with van der Waals surface area (Å²) in [5.74, 6) is 0.948. The minimum absolute atomic E-state index is 0.0416. The van der Waals surface area contributed by atoms with Crippen LogP contribution in [-0.4, -0.2) is 23.9 Å². The lowest BCUT2D eigenvalue weighted by Crippen LogP contribution is -2.37. The number of carbonyl (C=O) groups is 1. The Hall–Kier alpha value is -1.51. The number of rotatable bonds is 5. The zero-order chi connectivity index (χ0) is 14.6. The van der Waals surface area contributed by atoms with E-state index in [9.17, 15) is 4.79 Å². The van der Waals surface area contributed by atoms with Crippen LogP contribution < -0.4 is 5.73 Å². The maximum absolute atomic E-state index is 12.6. The molecule has 19 heavy (non-hydrogen) atoms. The fourth-order valence-electron chi connectivity index (χ4n) is 2.17. The lowest BCUT2D eigenvalue weighted by atomic mass is 10.1. The Morgan fingerprint density at radius 2 is 1.68 bits per heavy atom. The van der Waals surface area contributed by atoms with E-state index in [0.717, 1.165) is 18.7 Å². The molecule has 0 atom stereocenters. The van der Waals surface area contributed by atoms with Crippen molar-refractivity contribution in [3.05, 3.63) is 29.3 Å². The maximum atomic E-state index is 12.6. The third-order valence-electron chi connectivity index (χ3n) is 2.90. The number of hydrogen-bond acceptors (Lipinski definition) is 2. The predicted octanol–water partition coefficient (Wildman–Crippen LogP) is 3.33. The van der Waals surface area contributed by atoms with Crippen LogP contribution in [0.1, 0.15) is 43.6 Å². The highest BCUT2D eigenvalue weighted by Gasteiger charge is 2.19. The van der Waals surface area contributed by atoms with E-state index in [1.807, 2.05) is 30.0 Å². The minimum atomic E-state index is 0.0416. The molecule has 0 spiro atoms. The second-order valence-corrected chi connectivity index (χ2v) is 6.09. The number of nitrogens with two attached hydrogens (primary N) is 1. The Bertz CT molecular complexity index is 428. The molecule has 106 valence electrons. The number of nitrogen functional groups attached to an aromatic ring is 1. The summed E-state index contributed by atoms with van der Waals surface area (Å²) in [6, 6.07) is 5.63. The molecule has 0 aliphatic carbocycles. The van der Waals surface area contributed by atoms with E-state index in [2.05, 4.69) is 27.7 Å². The van der Waals surface area contributed by atoms with Crippen molar-refractivity contribution in [2.45, 2.75) is 34.6 Å². The van der Waals surface area contributed by atoms with Gasteiger partial charge >= 0.3 is 0 Å². The minimum Gasteiger partial charge on any atom is -0.398 e. The van der Waals surface area contributed by atoms with Gasteiger partial charge in [-0.2, -0.15) is 0 Å². The summed E-state index contributed by atoms with van der Waals surface area (Å²) in [5.41, 5.74) is 8.24. The number of anilines is 1. The van der Waals surface area contributed by atoms with Crippen LogP contribution in [0.25, 0.3) is 0 Å². The van der Waals surface area contributed by atoms with Crippen molar-refractivity contribution in [2.24, 2.45) is 11.8 Å². The molecule has 0 saturated carbocycles. The summed E-state index contributed by atoms with van der Waals surface area (Å²) >= 11 is 0. The normalized spacial score (nSPS) is 11.1. The fourth-order valence-corrected chi connectivity index (χ4v) is 2.17. The summed E-state index contributed by atoms with van der Waals surface area (Å²) in [5, 5.41) is 0. The van der Waals surface area contributed by atoms with Gasteiger partial charge in [0.05, 0.1) is 5.56 Å². The van der Waals surface area contributed by atoms with Crippen LogP contribution in [0.4, 0.5) is 5.69 Å². The molecule has 0 radical (unpaired) electrons. The van der Waals surface area contributed by atoms with Gasteiger partial charge in [-0.25, -0.2) is 0 Å². The topological polar surface area (TPSA) is 46.3 Å². The Labute approximate surface area is 116 Å². The maximum Gasteiger partial charge on any atom is 0.255 e. The molecule has 0 aliphatic rings. The molecule has 1 aromatic rings. The zero-order valence-corrected chi connectivity index (χ0v) is 12.7. The lowest BCUT2D eigenvalue weighted by Gasteiger charge is -2.27. The number of amides is 1. The average molecular weight is 262 g/mol. The van der Waals surface area contributed by atoms with E-state index < -0.39 is 0 Å². The van der Waals surface area contributed by atoms with Crippen LogP contribution in [0, 0.1) is 18.8 Å². The van der Waals surface area contributed by atoms with E-state index in [4.69, 9.17) is 5.73 Å². The second-order valence-electron chi connectivity index (χ2n) is 6.09. The molecule has 2 N–H and O–H groups in total. The van der Waals surface area contributed by atoms with Crippen LogP contribution in [0.3, 0.4) is 0 Å². The number of carbonyl (C=O) groups excluding carboxylic acids is 1. The van der Waals surface area contributed by atoms with Crippen molar-refractivity contribution in [3.8, 4) is 0 Å². The molecule has 0 aromatic heterocycles. The summed E-state index contributed by atoms with van der Waals surface area (Å²) < 4.78 is 0. The van der Waals surface area contributed by atoms with Gasteiger partial charge in [0, 0.05) is 18.8 Å². The summed E-state index contributed by atoms with van der Waals surface area (Å²) in [4.78, 5) is 14.5. The van der Waals surface area contributed by atoms with Crippen LogP contribution in [0.15, 0.2) is 18.2 Å². The smallest absolute Gasteiger partial charge is 0.255 e. The molecule has 0 aliphatic heterocycles. The highest BCUT2D eigenvalue weighted by atomic mass is 16.2. The molecular weight excluding hydrogens is 236 g/mol. The predicted molar refractivity (Wildman–Crippen MR) is 81.2 cm³/mol. The van der Waals surface area contributed by atoms with E-state index in [-0.39, 0.29) is 5.91 Å².